The summed E-state index contributed by atoms with van der Waals surface area (Å²) in [4.78, 5) is 28.5. The number of hydrogen-bond acceptors (Lipinski definition) is 5. The number of hydrogen-bond donors (Lipinski definition) is 2. The predicted octanol–water partition coefficient (Wildman–Crippen LogP) is 7.49. The van der Waals surface area contributed by atoms with Gasteiger partial charge in [-0.3, -0.25) is 9.36 Å². The SMILES string of the molecule is CCC(C)(C)C1(C(C)(C)CC)OB(c2cn(C(=O)O)c3cnc(NC(C)=O)cc23)OC1(C(C)(C)CC)C(C)(C)CC. The lowest BCUT2D eigenvalue weighted by molar-refractivity contribution is -0.273. The highest BCUT2D eigenvalue weighted by Crippen LogP contribution is 2.70. The zero-order valence-corrected chi connectivity index (χ0v) is 27.6. The van der Waals surface area contributed by atoms with E-state index >= 15 is 0 Å². The van der Waals surface area contributed by atoms with E-state index in [4.69, 9.17) is 9.31 Å². The molecule has 2 aromatic rings. The minimum atomic E-state index is -1.13. The van der Waals surface area contributed by atoms with Gasteiger partial charge >= 0.3 is 13.2 Å². The molecule has 1 amide bonds. The normalized spacial score (nSPS) is 17.7. The number of nitrogens with one attached hydrogen (secondary N) is 1. The van der Waals surface area contributed by atoms with Gasteiger partial charge in [0.15, 0.2) is 0 Å². The topological polar surface area (TPSA) is 103 Å². The molecule has 9 heteroatoms. The van der Waals surface area contributed by atoms with E-state index < -0.39 is 24.4 Å². The fraction of sp³-hybridized carbons (Fsp3) is 0.719. The third-order valence-corrected chi connectivity index (χ3v) is 10.9. The Kier molecular flexibility index (Phi) is 8.65. The molecule has 1 saturated heterocycles. The van der Waals surface area contributed by atoms with Crippen LogP contribution in [0.1, 0.15) is 116 Å². The molecule has 1 aliphatic heterocycles. The first kappa shape index (κ1) is 33.1. The number of carbonyl (C=O) groups excluding carboxylic acids is 1. The number of pyridine rings is 1. The summed E-state index contributed by atoms with van der Waals surface area (Å²) >= 11 is 0. The van der Waals surface area contributed by atoms with Gasteiger partial charge in [0.1, 0.15) is 5.82 Å². The van der Waals surface area contributed by atoms with Gasteiger partial charge in [0.25, 0.3) is 0 Å². The molecule has 2 N–H and O–H groups in total. The van der Waals surface area contributed by atoms with Crippen LogP contribution in [0.5, 0.6) is 0 Å². The molecule has 3 heterocycles. The van der Waals surface area contributed by atoms with Gasteiger partial charge in [-0.25, -0.2) is 9.78 Å². The van der Waals surface area contributed by atoms with Crippen molar-refractivity contribution >= 4 is 41.3 Å². The van der Waals surface area contributed by atoms with Crippen LogP contribution in [0.15, 0.2) is 18.5 Å². The number of nitrogens with zero attached hydrogens (tertiary/aromatic N) is 2. The maximum Gasteiger partial charge on any atom is 0.497 e. The Bertz CT molecular complexity index is 1230. The van der Waals surface area contributed by atoms with Gasteiger partial charge in [-0.2, -0.15) is 0 Å². The van der Waals surface area contributed by atoms with Gasteiger partial charge in [-0.1, -0.05) is 83.1 Å². The second-order valence-corrected chi connectivity index (χ2v) is 14.4. The van der Waals surface area contributed by atoms with Gasteiger partial charge in [0.2, 0.25) is 5.91 Å². The van der Waals surface area contributed by atoms with E-state index in [-0.39, 0.29) is 27.6 Å². The molecular weight excluding hydrogens is 517 g/mol. The van der Waals surface area contributed by atoms with Crippen molar-refractivity contribution in [3.05, 3.63) is 18.5 Å². The standard InChI is InChI=1S/C32H52BN3O5/c1-14-27(6,7)31(28(8,9)15-2)32(29(10,11)16-3,30(12,13)17-4)41-33(40-31)23-20-36(26(38)39)24-19-34-25(18-22(23)24)35-21(5)37/h18-20H,14-17H2,1-13H3,(H,38,39)(H,34,35,37). The first-order valence-corrected chi connectivity index (χ1v) is 15.1. The van der Waals surface area contributed by atoms with Crippen molar-refractivity contribution in [2.45, 2.75) is 127 Å². The lowest BCUT2D eigenvalue weighted by atomic mass is 9.41. The summed E-state index contributed by atoms with van der Waals surface area (Å²) in [6, 6.07) is 1.71. The number of carboxylic acid groups (broad SMARTS) is 1. The highest BCUT2D eigenvalue weighted by molar-refractivity contribution is 6.65. The van der Waals surface area contributed by atoms with Gasteiger partial charge < -0.3 is 19.7 Å². The zero-order valence-electron chi connectivity index (χ0n) is 27.6. The lowest BCUT2D eigenvalue weighted by Gasteiger charge is -2.69. The molecule has 41 heavy (non-hydrogen) atoms. The highest BCUT2D eigenvalue weighted by atomic mass is 16.7. The van der Waals surface area contributed by atoms with Crippen LogP contribution in [-0.4, -0.2) is 45.0 Å². The van der Waals surface area contributed by atoms with E-state index in [9.17, 15) is 14.7 Å². The Morgan fingerprint density at radius 1 is 0.878 bits per heavy atom. The summed E-state index contributed by atoms with van der Waals surface area (Å²) in [5, 5.41) is 13.5. The Hall–Kier alpha value is -2.39. The average Bonchev–Trinajstić information content (AvgIpc) is 3.47. The minimum absolute atomic E-state index is 0.258. The molecule has 0 saturated carbocycles. The van der Waals surface area contributed by atoms with Crippen molar-refractivity contribution in [3.8, 4) is 0 Å². The largest absolute Gasteiger partial charge is 0.497 e. The average molecular weight is 570 g/mol. The molecule has 1 aliphatic rings. The van der Waals surface area contributed by atoms with Crippen LogP contribution in [0.2, 0.25) is 0 Å². The summed E-state index contributed by atoms with van der Waals surface area (Å²) in [7, 11) is -0.848. The van der Waals surface area contributed by atoms with E-state index in [1.54, 1.807) is 12.3 Å². The molecule has 0 atom stereocenters. The van der Waals surface area contributed by atoms with Crippen molar-refractivity contribution < 1.29 is 24.0 Å². The van der Waals surface area contributed by atoms with E-state index in [0.717, 1.165) is 30.3 Å². The number of carbonyl (C=O) groups is 2. The molecule has 0 bridgehead atoms. The minimum Gasteiger partial charge on any atom is -0.464 e. The smallest absolute Gasteiger partial charge is 0.464 e. The molecule has 1 fully saturated rings. The van der Waals surface area contributed by atoms with Crippen molar-refractivity contribution in [1.82, 2.24) is 9.55 Å². The zero-order chi connectivity index (χ0) is 31.4. The molecule has 3 rings (SSSR count). The fourth-order valence-corrected chi connectivity index (χ4v) is 7.75. The van der Waals surface area contributed by atoms with Crippen LogP contribution in [0, 0.1) is 21.7 Å². The molecule has 0 aliphatic carbocycles. The molecule has 228 valence electrons. The molecule has 0 spiro atoms. The Morgan fingerprint density at radius 3 is 1.63 bits per heavy atom. The van der Waals surface area contributed by atoms with Crippen molar-refractivity contribution in [2.75, 3.05) is 5.32 Å². The molecule has 8 nitrogen and oxygen atoms in total. The van der Waals surface area contributed by atoms with Gasteiger partial charge in [-0.05, 0) is 53.4 Å². The second kappa shape index (κ2) is 10.7. The van der Waals surface area contributed by atoms with Crippen molar-refractivity contribution in [2.24, 2.45) is 21.7 Å². The predicted molar refractivity (Wildman–Crippen MR) is 167 cm³/mol. The molecule has 0 aromatic carbocycles. The number of fused-ring (bicyclic) bond motifs is 1. The number of rotatable bonds is 10. The fourth-order valence-electron chi connectivity index (χ4n) is 7.75. The van der Waals surface area contributed by atoms with Crippen LogP contribution in [0.4, 0.5) is 10.6 Å². The molecule has 0 unspecified atom stereocenters. The van der Waals surface area contributed by atoms with Gasteiger partial charge in [0.05, 0.1) is 22.9 Å². The van der Waals surface area contributed by atoms with Crippen LogP contribution < -0.4 is 10.8 Å². The van der Waals surface area contributed by atoms with Gasteiger partial charge in [-0.15, -0.1) is 0 Å². The lowest BCUT2D eigenvalue weighted by Crippen LogP contribution is -2.76. The van der Waals surface area contributed by atoms with Crippen LogP contribution in [0.25, 0.3) is 10.9 Å². The number of amides is 1. The van der Waals surface area contributed by atoms with Crippen molar-refractivity contribution in [1.29, 1.82) is 0 Å². The third kappa shape index (κ3) is 4.62. The summed E-state index contributed by atoms with van der Waals surface area (Å²) in [5.74, 6) is 0.0849. The van der Waals surface area contributed by atoms with E-state index in [2.05, 4.69) is 93.4 Å². The summed E-state index contributed by atoms with van der Waals surface area (Å²) in [6.45, 7) is 28.6. The maximum atomic E-state index is 12.4. The first-order chi connectivity index (χ1) is 18.8. The van der Waals surface area contributed by atoms with E-state index in [1.807, 2.05) is 0 Å². The van der Waals surface area contributed by atoms with Gasteiger partial charge in [0, 0.05) is 24.0 Å². The first-order valence-electron chi connectivity index (χ1n) is 15.1. The van der Waals surface area contributed by atoms with E-state index in [1.165, 1.54) is 13.1 Å². The Balaban J connectivity index is 2.53. The van der Waals surface area contributed by atoms with Crippen LogP contribution >= 0.6 is 0 Å². The Labute approximate surface area is 247 Å². The molecular formula is C32H52BN3O5. The highest BCUT2D eigenvalue weighted by Gasteiger charge is 2.79. The third-order valence-electron chi connectivity index (χ3n) is 10.9. The monoisotopic (exact) mass is 569 g/mol. The summed E-state index contributed by atoms with van der Waals surface area (Å²) < 4.78 is 16.2. The van der Waals surface area contributed by atoms with Crippen LogP contribution in [0.3, 0.4) is 0 Å². The molecule has 2 aromatic heterocycles. The van der Waals surface area contributed by atoms with Crippen LogP contribution in [-0.2, 0) is 14.1 Å². The molecule has 0 radical (unpaired) electrons. The Morgan fingerprint density at radius 2 is 1.29 bits per heavy atom. The number of aromatic nitrogens is 2. The number of anilines is 1. The summed E-state index contributed by atoms with van der Waals surface area (Å²) in [6.07, 6.45) is 5.39. The quantitative estimate of drug-likeness (QED) is 0.288. The maximum absolute atomic E-state index is 12.4. The summed E-state index contributed by atoms with van der Waals surface area (Å²) in [5.41, 5.74) is -1.83. The second-order valence-electron chi connectivity index (χ2n) is 14.4. The van der Waals surface area contributed by atoms with E-state index in [0.29, 0.717) is 22.2 Å². The van der Waals surface area contributed by atoms with Crippen molar-refractivity contribution in [3.63, 3.8) is 0 Å².